The molecule has 0 radical (unpaired) electrons. The van der Waals surface area contributed by atoms with Crippen molar-refractivity contribution in [1.29, 1.82) is 0 Å². The van der Waals surface area contributed by atoms with Gasteiger partial charge in [0.25, 0.3) is 0 Å². The van der Waals surface area contributed by atoms with Crippen molar-refractivity contribution >= 4 is 26.8 Å². The Balaban J connectivity index is 1.67. The molecule has 2 rings (SSSR count). The van der Waals surface area contributed by atoms with Crippen LogP contribution in [-0.2, 0) is 22.8 Å². The molecule has 0 N–H and O–H groups in total. The number of rotatable bonds is 18. The van der Waals surface area contributed by atoms with Crippen molar-refractivity contribution in [3.05, 3.63) is 65.7 Å². The Morgan fingerprint density at radius 2 is 1.34 bits per heavy atom. The minimum absolute atomic E-state index is 0.369. The molecular formula is C29H40O8Si. The second kappa shape index (κ2) is 17.5. The molecule has 0 saturated carbocycles. The summed E-state index contributed by atoms with van der Waals surface area (Å²) in [5.74, 6) is 0.223. The molecule has 0 fully saturated rings. The van der Waals surface area contributed by atoms with Gasteiger partial charge < -0.3 is 27.5 Å². The molecular weight excluding hydrogens is 504 g/mol. The van der Waals surface area contributed by atoms with Crippen LogP contribution in [0.15, 0.2) is 54.6 Å². The number of methoxy groups -OCH3 is 1. The van der Waals surface area contributed by atoms with Gasteiger partial charge in [0.15, 0.2) is 0 Å². The first-order valence-electron chi connectivity index (χ1n) is 13.2. The van der Waals surface area contributed by atoms with Gasteiger partial charge in [0.2, 0.25) is 0 Å². The molecule has 0 heterocycles. The van der Waals surface area contributed by atoms with Crippen LogP contribution in [0.5, 0.6) is 11.5 Å². The third kappa shape index (κ3) is 11.2. The minimum atomic E-state index is -2.58. The molecule has 0 aliphatic heterocycles. The predicted octanol–water partition coefficient (Wildman–Crippen LogP) is 6.08. The van der Waals surface area contributed by atoms with Crippen LogP contribution in [0.4, 0.5) is 0 Å². The van der Waals surface area contributed by atoms with Crippen LogP contribution in [-0.4, -0.2) is 54.3 Å². The van der Waals surface area contributed by atoms with Gasteiger partial charge in [0.1, 0.15) is 11.5 Å². The summed E-state index contributed by atoms with van der Waals surface area (Å²) in [4.78, 5) is 24.3. The van der Waals surface area contributed by atoms with E-state index >= 15 is 0 Å². The summed E-state index contributed by atoms with van der Waals surface area (Å²) in [7, 11) is -1.01. The van der Waals surface area contributed by atoms with Gasteiger partial charge in [-0.25, -0.2) is 9.59 Å². The summed E-state index contributed by atoms with van der Waals surface area (Å²) in [6, 6.07) is 14.3. The van der Waals surface area contributed by atoms with Gasteiger partial charge in [-0.1, -0.05) is 25.0 Å². The SMILES string of the molecule is CCO[Si](CCCCCCOC(=O)/C=C/c1ccc(OC(=O)c2ccc(OC)cc2)cc1)(OCC)OCC. The second-order valence-electron chi connectivity index (χ2n) is 8.33. The van der Waals surface area contributed by atoms with Crippen molar-refractivity contribution in [3.63, 3.8) is 0 Å². The highest BCUT2D eigenvalue weighted by molar-refractivity contribution is 6.60. The normalized spacial score (nSPS) is 11.5. The fourth-order valence-corrected chi connectivity index (χ4v) is 6.41. The number of hydrogen-bond acceptors (Lipinski definition) is 8. The van der Waals surface area contributed by atoms with Gasteiger partial charge in [0, 0.05) is 31.9 Å². The molecule has 0 spiro atoms. The molecule has 8 nitrogen and oxygen atoms in total. The standard InChI is InChI=1S/C29H40O8Si/c1-5-34-38(35-6-2,36-7-3)23-11-9-8-10-22-33-28(30)21-14-24-12-17-27(18-13-24)37-29(31)25-15-19-26(32-4)20-16-25/h12-21H,5-11,22-23H2,1-4H3/b21-14+. The van der Waals surface area contributed by atoms with Gasteiger partial charge in [-0.3, -0.25) is 0 Å². The van der Waals surface area contributed by atoms with Crippen LogP contribution in [0, 0.1) is 0 Å². The first kappa shape index (κ1) is 31.2. The second-order valence-corrected chi connectivity index (χ2v) is 11.1. The van der Waals surface area contributed by atoms with E-state index in [4.69, 9.17) is 27.5 Å². The zero-order valence-electron chi connectivity index (χ0n) is 22.9. The van der Waals surface area contributed by atoms with Crippen molar-refractivity contribution in [1.82, 2.24) is 0 Å². The molecule has 0 amide bonds. The maximum absolute atomic E-state index is 12.3. The summed E-state index contributed by atoms with van der Waals surface area (Å²) >= 11 is 0. The van der Waals surface area contributed by atoms with Crippen LogP contribution in [0.25, 0.3) is 6.08 Å². The first-order chi connectivity index (χ1) is 18.4. The van der Waals surface area contributed by atoms with E-state index in [0.717, 1.165) is 37.3 Å². The molecule has 0 unspecified atom stereocenters. The van der Waals surface area contributed by atoms with Crippen molar-refractivity contribution in [3.8, 4) is 11.5 Å². The number of esters is 2. The fourth-order valence-electron chi connectivity index (χ4n) is 3.72. The van der Waals surface area contributed by atoms with Gasteiger partial charge >= 0.3 is 20.7 Å². The van der Waals surface area contributed by atoms with Crippen LogP contribution in [0.1, 0.15) is 62.4 Å². The highest BCUT2D eigenvalue weighted by Crippen LogP contribution is 2.20. The lowest BCUT2D eigenvalue weighted by molar-refractivity contribution is -0.137. The quantitative estimate of drug-likeness (QED) is 0.0733. The number of hydrogen-bond donors (Lipinski definition) is 0. The monoisotopic (exact) mass is 544 g/mol. The van der Waals surface area contributed by atoms with E-state index in [0.29, 0.717) is 43.5 Å². The highest BCUT2D eigenvalue weighted by atomic mass is 28.4. The zero-order chi connectivity index (χ0) is 27.6. The summed E-state index contributed by atoms with van der Waals surface area (Å²) < 4.78 is 33.4. The molecule has 0 aliphatic carbocycles. The summed E-state index contributed by atoms with van der Waals surface area (Å²) in [6.45, 7) is 7.99. The minimum Gasteiger partial charge on any atom is -0.497 e. The average molecular weight is 545 g/mol. The van der Waals surface area contributed by atoms with Crippen molar-refractivity contribution < 1.29 is 37.1 Å². The van der Waals surface area contributed by atoms with Crippen LogP contribution in [0.2, 0.25) is 6.04 Å². The molecule has 0 aromatic heterocycles. The molecule has 2 aromatic rings. The number of ether oxygens (including phenoxy) is 3. The smallest absolute Gasteiger partial charge is 0.497 e. The van der Waals surface area contributed by atoms with E-state index in [2.05, 4.69) is 0 Å². The van der Waals surface area contributed by atoms with Gasteiger partial charge in [-0.2, -0.15) is 0 Å². The molecule has 9 heteroatoms. The summed E-state index contributed by atoms with van der Waals surface area (Å²) in [5, 5.41) is 0. The maximum atomic E-state index is 12.3. The van der Waals surface area contributed by atoms with Gasteiger partial charge in [-0.15, -0.1) is 0 Å². The zero-order valence-corrected chi connectivity index (χ0v) is 23.9. The van der Waals surface area contributed by atoms with E-state index in [1.165, 1.54) is 6.08 Å². The molecule has 208 valence electrons. The van der Waals surface area contributed by atoms with Crippen LogP contribution in [0.3, 0.4) is 0 Å². The number of unbranched alkanes of at least 4 members (excludes halogenated alkanes) is 3. The molecule has 0 saturated heterocycles. The fraction of sp³-hybridized carbons (Fsp3) is 0.448. The van der Waals surface area contributed by atoms with Crippen molar-refractivity contribution in [2.75, 3.05) is 33.5 Å². The molecule has 0 atom stereocenters. The maximum Gasteiger partial charge on any atom is 0.500 e. The van der Waals surface area contributed by atoms with Gasteiger partial charge in [-0.05, 0) is 81.7 Å². The average Bonchev–Trinajstić information content (AvgIpc) is 2.92. The van der Waals surface area contributed by atoms with E-state index in [1.54, 1.807) is 61.7 Å². The Kier molecular flexibility index (Phi) is 14.4. The van der Waals surface area contributed by atoms with E-state index < -0.39 is 20.7 Å². The van der Waals surface area contributed by atoms with Crippen LogP contribution >= 0.6 is 0 Å². The Labute approximate surface area is 227 Å². The Bertz CT molecular complexity index is 972. The largest absolute Gasteiger partial charge is 0.500 e. The molecule has 2 aromatic carbocycles. The number of carbonyl (C=O) groups excluding carboxylic acids is 2. The third-order valence-corrected chi connectivity index (χ3v) is 8.69. The predicted molar refractivity (Wildman–Crippen MR) is 148 cm³/mol. The number of carbonyl (C=O) groups is 2. The van der Waals surface area contributed by atoms with Crippen LogP contribution < -0.4 is 9.47 Å². The summed E-state index contributed by atoms with van der Waals surface area (Å²) in [6.07, 6.45) is 6.74. The molecule has 0 aliphatic rings. The Morgan fingerprint density at radius 3 is 1.92 bits per heavy atom. The third-order valence-electron chi connectivity index (χ3n) is 5.54. The molecule has 38 heavy (non-hydrogen) atoms. The lowest BCUT2D eigenvalue weighted by Crippen LogP contribution is -2.45. The van der Waals surface area contributed by atoms with E-state index in [9.17, 15) is 9.59 Å². The molecule has 0 bridgehead atoms. The highest BCUT2D eigenvalue weighted by Gasteiger charge is 2.39. The van der Waals surface area contributed by atoms with Crippen molar-refractivity contribution in [2.24, 2.45) is 0 Å². The topological polar surface area (TPSA) is 89.5 Å². The summed E-state index contributed by atoms with van der Waals surface area (Å²) in [5.41, 5.74) is 1.21. The Hall–Kier alpha value is -2.98. The first-order valence-corrected chi connectivity index (χ1v) is 15.1. The van der Waals surface area contributed by atoms with Crippen molar-refractivity contribution in [2.45, 2.75) is 52.5 Å². The Morgan fingerprint density at radius 1 is 0.763 bits per heavy atom. The van der Waals surface area contributed by atoms with Gasteiger partial charge in [0.05, 0.1) is 19.3 Å². The number of benzene rings is 2. The van der Waals surface area contributed by atoms with E-state index in [1.807, 2.05) is 20.8 Å². The van der Waals surface area contributed by atoms with E-state index in [-0.39, 0.29) is 0 Å². The lowest BCUT2D eigenvalue weighted by atomic mass is 10.2. The lowest BCUT2D eigenvalue weighted by Gasteiger charge is -2.28.